The van der Waals surface area contributed by atoms with Crippen molar-refractivity contribution < 1.29 is 9.32 Å². The van der Waals surface area contributed by atoms with Gasteiger partial charge in [-0.25, -0.2) is 4.98 Å². The van der Waals surface area contributed by atoms with Crippen LogP contribution in [-0.4, -0.2) is 16.0 Å². The summed E-state index contributed by atoms with van der Waals surface area (Å²) in [7, 11) is 0. The summed E-state index contributed by atoms with van der Waals surface area (Å²) in [6.07, 6.45) is 3.25. The average molecular weight is 325 g/mol. The van der Waals surface area contributed by atoms with Gasteiger partial charge in [0, 0.05) is 12.3 Å². The lowest BCUT2D eigenvalue weighted by Crippen LogP contribution is -2.28. The molecule has 0 saturated heterocycles. The highest BCUT2D eigenvalue weighted by Crippen LogP contribution is 2.49. The third-order valence-corrected chi connectivity index (χ3v) is 4.99. The Balaban J connectivity index is 1.57. The van der Waals surface area contributed by atoms with E-state index in [1.807, 2.05) is 42.6 Å². The summed E-state index contributed by atoms with van der Waals surface area (Å²) in [5.74, 6) is 1.22. The van der Waals surface area contributed by atoms with Crippen molar-refractivity contribution in [2.45, 2.75) is 25.2 Å². The van der Waals surface area contributed by atoms with Gasteiger partial charge in [-0.05, 0) is 48.9 Å². The number of anilines is 1. The second-order valence-electron chi connectivity index (χ2n) is 5.81. The van der Waals surface area contributed by atoms with Crippen LogP contribution in [0.15, 0.2) is 46.4 Å². The van der Waals surface area contributed by atoms with Crippen LogP contribution in [0.2, 0.25) is 0 Å². The molecule has 1 aliphatic carbocycles. The van der Waals surface area contributed by atoms with Gasteiger partial charge in [-0.1, -0.05) is 11.2 Å². The van der Waals surface area contributed by atoms with E-state index >= 15 is 0 Å². The number of carbonyl (C=O) groups is 1. The van der Waals surface area contributed by atoms with Gasteiger partial charge < -0.3 is 9.84 Å². The number of hydrogen-bond acceptors (Lipinski definition) is 5. The summed E-state index contributed by atoms with van der Waals surface area (Å²) in [6.45, 7) is 1.97. The predicted octanol–water partition coefficient (Wildman–Crippen LogP) is 3.78. The molecule has 0 aromatic carbocycles. The second-order valence-corrected chi connectivity index (χ2v) is 6.76. The molecule has 0 aliphatic heterocycles. The zero-order valence-corrected chi connectivity index (χ0v) is 13.4. The number of thiophene rings is 1. The maximum Gasteiger partial charge on any atom is 0.237 e. The molecular weight excluding hydrogens is 310 g/mol. The van der Waals surface area contributed by atoms with Gasteiger partial charge >= 0.3 is 0 Å². The minimum Gasteiger partial charge on any atom is -0.355 e. The quantitative estimate of drug-likeness (QED) is 0.792. The number of nitrogens with zero attached hydrogens (tertiary/aromatic N) is 2. The summed E-state index contributed by atoms with van der Waals surface area (Å²) in [6, 6.07) is 9.57. The predicted molar refractivity (Wildman–Crippen MR) is 88.3 cm³/mol. The molecule has 1 N–H and O–H groups in total. The van der Waals surface area contributed by atoms with Gasteiger partial charge in [-0.15, -0.1) is 11.3 Å². The van der Waals surface area contributed by atoms with Crippen molar-refractivity contribution in [1.29, 1.82) is 0 Å². The van der Waals surface area contributed by atoms with Gasteiger partial charge in [0.25, 0.3) is 0 Å². The van der Waals surface area contributed by atoms with Gasteiger partial charge in [0.15, 0.2) is 5.76 Å². The molecule has 3 heterocycles. The standard InChI is InChI=1S/C17H15N3O2S/c1-11-4-7-18-15(9-11)19-16(21)17(5-6-17)14-10-12(22-20-14)13-3-2-8-23-13/h2-4,7-10H,5-6H2,1H3,(H,18,19,21). The largest absolute Gasteiger partial charge is 0.355 e. The fourth-order valence-corrected chi connectivity index (χ4v) is 3.27. The minimum absolute atomic E-state index is 0.0679. The van der Waals surface area contributed by atoms with Gasteiger partial charge in [0.05, 0.1) is 16.0 Å². The van der Waals surface area contributed by atoms with Crippen LogP contribution in [0, 0.1) is 6.92 Å². The van der Waals surface area contributed by atoms with E-state index in [9.17, 15) is 4.79 Å². The summed E-state index contributed by atoms with van der Waals surface area (Å²) < 4.78 is 5.42. The Morgan fingerprint density at radius 1 is 1.35 bits per heavy atom. The Hall–Kier alpha value is -2.47. The smallest absolute Gasteiger partial charge is 0.237 e. The van der Waals surface area contributed by atoms with Crippen molar-refractivity contribution in [3.8, 4) is 10.6 Å². The second kappa shape index (κ2) is 5.31. The third-order valence-electron chi connectivity index (χ3n) is 4.11. The first-order valence-electron chi connectivity index (χ1n) is 7.43. The van der Waals surface area contributed by atoms with E-state index in [1.54, 1.807) is 17.5 Å². The molecular formula is C17H15N3O2S. The van der Waals surface area contributed by atoms with Crippen molar-refractivity contribution in [3.05, 3.63) is 53.2 Å². The number of pyridine rings is 1. The number of carbonyl (C=O) groups excluding carboxylic acids is 1. The van der Waals surface area contributed by atoms with Crippen LogP contribution in [0.4, 0.5) is 5.82 Å². The first-order chi connectivity index (χ1) is 11.2. The molecule has 5 nitrogen and oxygen atoms in total. The van der Waals surface area contributed by atoms with Crippen LogP contribution in [0.5, 0.6) is 0 Å². The van der Waals surface area contributed by atoms with Crippen LogP contribution in [0.25, 0.3) is 10.6 Å². The molecule has 0 atom stereocenters. The van der Waals surface area contributed by atoms with Gasteiger partial charge in [0.2, 0.25) is 5.91 Å². The lowest BCUT2D eigenvalue weighted by Gasteiger charge is -2.12. The summed E-state index contributed by atoms with van der Waals surface area (Å²) >= 11 is 1.59. The summed E-state index contributed by atoms with van der Waals surface area (Å²) in [5, 5.41) is 9.02. The fraction of sp³-hybridized carbons (Fsp3) is 0.235. The molecule has 0 unspecified atom stereocenters. The highest BCUT2D eigenvalue weighted by atomic mass is 32.1. The highest BCUT2D eigenvalue weighted by Gasteiger charge is 2.54. The van der Waals surface area contributed by atoms with Gasteiger partial charge in [0.1, 0.15) is 5.82 Å². The maximum absolute atomic E-state index is 12.7. The topological polar surface area (TPSA) is 68.0 Å². The molecule has 1 saturated carbocycles. The van der Waals surface area contributed by atoms with Gasteiger partial charge in [-0.3, -0.25) is 4.79 Å². The minimum atomic E-state index is -0.579. The first-order valence-corrected chi connectivity index (χ1v) is 8.30. The lowest BCUT2D eigenvalue weighted by atomic mass is 10.0. The Morgan fingerprint density at radius 3 is 2.91 bits per heavy atom. The number of amides is 1. The molecule has 3 aromatic rings. The molecule has 0 radical (unpaired) electrons. The zero-order chi connectivity index (χ0) is 15.9. The number of aromatic nitrogens is 2. The Labute approximate surface area is 137 Å². The molecule has 1 amide bonds. The van der Waals surface area contributed by atoms with E-state index in [0.29, 0.717) is 17.3 Å². The van der Waals surface area contributed by atoms with E-state index in [2.05, 4.69) is 15.5 Å². The van der Waals surface area contributed by atoms with Crippen LogP contribution in [0.3, 0.4) is 0 Å². The Bertz CT molecular complexity index is 850. The number of aryl methyl sites for hydroxylation is 1. The van der Waals surface area contributed by atoms with E-state index in [-0.39, 0.29) is 5.91 Å². The van der Waals surface area contributed by atoms with Crippen molar-refractivity contribution in [1.82, 2.24) is 10.1 Å². The Kier molecular flexibility index (Phi) is 3.27. The molecule has 6 heteroatoms. The monoisotopic (exact) mass is 325 g/mol. The molecule has 116 valence electrons. The fourth-order valence-electron chi connectivity index (χ4n) is 2.60. The molecule has 3 aromatic heterocycles. The van der Waals surface area contributed by atoms with Crippen LogP contribution in [0.1, 0.15) is 24.1 Å². The maximum atomic E-state index is 12.7. The van der Waals surface area contributed by atoms with Crippen molar-refractivity contribution >= 4 is 23.1 Å². The molecule has 4 rings (SSSR count). The van der Waals surface area contributed by atoms with E-state index in [4.69, 9.17) is 4.52 Å². The Morgan fingerprint density at radius 2 is 2.22 bits per heavy atom. The SMILES string of the molecule is Cc1ccnc(NC(=O)C2(c3cc(-c4cccs4)on3)CC2)c1. The molecule has 1 fully saturated rings. The molecule has 0 spiro atoms. The number of hydrogen-bond donors (Lipinski definition) is 1. The highest BCUT2D eigenvalue weighted by molar-refractivity contribution is 7.13. The molecule has 23 heavy (non-hydrogen) atoms. The average Bonchev–Trinajstić information content (AvgIpc) is 2.98. The zero-order valence-electron chi connectivity index (χ0n) is 12.6. The molecule has 0 bridgehead atoms. The molecule has 1 aliphatic rings. The number of rotatable bonds is 4. The van der Waals surface area contributed by atoms with E-state index in [1.165, 1.54) is 0 Å². The van der Waals surface area contributed by atoms with Crippen molar-refractivity contribution in [2.75, 3.05) is 5.32 Å². The lowest BCUT2D eigenvalue weighted by molar-refractivity contribution is -0.118. The van der Waals surface area contributed by atoms with E-state index < -0.39 is 5.41 Å². The van der Waals surface area contributed by atoms with Crippen LogP contribution < -0.4 is 5.32 Å². The van der Waals surface area contributed by atoms with Crippen molar-refractivity contribution in [2.24, 2.45) is 0 Å². The van der Waals surface area contributed by atoms with Gasteiger partial charge in [-0.2, -0.15) is 0 Å². The third kappa shape index (κ3) is 2.55. The van der Waals surface area contributed by atoms with Crippen LogP contribution >= 0.6 is 11.3 Å². The van der Waals surface area contributed by atoms with E-state index in [0.717, 1.165) is 23.3 Å². The summed E-state index contributed by atoms with van der Waals surface area (Å²) in [4.78, 5) is 17.9. The normalized spacial score (nSPS) is 15.3. The number of nitrogens with one attached hydrogen (secondary N) is 1. The first kappa shape index (κ1) is 14.1. The summed E-state index contributed by atoms with van der Waals surface area (Å²) in [5.41, 5.74) is 1.18. The van der Waals surface area contributed by atoms with Crippen LogP contribution in [-0.2, 0) is 10.2 Å². The van der Waals surface area contributed by atoms with Crippen molar-refractivity contribution in [3.63, 3.8) is 0 Å².